The highest BCUT2D eigenvalue weighted by atomic mass is 28.4. The van der Waals surface area contributed by atoms with Crippen molar-refractivity contribution in [1.82, 2.24) is 0 Å². The van der Waals surface area contributed by atoms with Gasteiger partial charge in [-0.1, -0.05) is 46.0 Å². The second kappa shape index (κ2) is 10.3. The Morgan fingerprint density at radius 1 is 0.688 bits per heavy atom. The van der Waals surface area contributed by atoms with Crippen molar-refractivity contribution in [2.45, 2.75) is 71.9 Å². The van der Waals surface area contributed by atoms with Gasteiger partial charge < -0.3 is 8.85 Å². The van der Waals surface area contributed by atoms with Gasteiger partial charge in [0.1, 0.15) is 0 Å². The number of rotatable bonds is 11. The van der Waals surface area contributed by atoms with Crippen LogP contribution in [0.25, 0.3) is 0 Å². The predicted octanol–water partition coefficient (Wildman–Crippen LogP) is 4.49. The standard InChI is InChI=1S/C13H30O2Si/c1-5-9-11-13-16(14-7-3,15-8-4)12-10-6-2/h5-13H2,1-4H3. The monoisotopic (exact) mass is 246 g/mol. The summed E-state index contributed by atoms with van der Waals surface area (Å²) in [5, 5.41) is 0. The molecule has 98 valence electrons. The van der Waals surface area contributed by atoms with Gasteiger partial charge >= 0.3 is 8.56 Å². The first-order valence-corrected chi connectivity index (χ1v) is 9.25. The zero-order chi connectivity index (χ0) is 12.3. The maximum atomic E-state index is 6.04. The van der Waals surface area contributed by atoms with E-state index in [1.807, 2.05) is 0 Å². The van der Waals surface area contributed by atoms with Gasteiger partial charge in [-0.3, -0.25) is 0 Å². The molecule has 0 saturated carbocycles. The molecule has 0 bridgehead atoms. The molecule has 0 spiro atoms. The summed E-state index contributed by atoms with van der Waals surface area (Å²) in [5.41, 5.74) is 0. The number of hydrogen-bond acceptors (Lipinski definition) is 2. The third-order valence-electron chi connectivity index (χ3n) is 2.89. The van der Waals surface area contributed by atoms with E-state index < -0.39 is 8.56 Å². The molecule has 0 fully saturated rings. The van der Waals surface area contributed by atoms with Crippen LogP contribution in [-0.2, 0) is 8.85 Å². The lowest BCUT2D eigenvalue weighted by Crippen LogP contribution is -2.42. The number of unbranched alkanes of at least 4 members (excludes halogenated alkanes) is 3. The van der Waals surface area contributed by atoms with Crippen LogP contribution in [-0.4, -0.2) is 21.8 Å². The minimum atomic E-state index is -1.85. The molecular weight excluding hydrogens is 216 g/mol. The second-order valence-corrected chi connectivity index (χ2v) is 7.74. The first-order chi connectivity index (χ1) is 7.74. The highest BCUT2D eigenvalue weighted by molar-refractivity contribution is 6.67. The molecular formula is C13H30O2Si. The van der Waals surface area contributed by atoms with E-state index >= 15 is 0 Å². The molecule has 3 heteroatoms. The van der Waals surface area contributed by atoms with E-state index in [0.717, 1.165) is 13.2 Å². The van der Waals surface area contributed by atoms with E-state index in [1.54, 1.807) is 0 Å². The minimum absolute atomic E-state index is 0.808. The average molecular weight is 246 g/mol. The van der Waals surface area contributed by atoms with Gasteiger partial charge in [-0.2, -0.15) is 0 Å². The lowest BCUT2D eigenvalue weighted by Gasteiger charge is -2.30. The van der Waals surface area contributed by atoms with E-state index in [1.165, 1.54) is 44.2 Å². The Morgan fingerprint density at radius 3 is 1.62 bits per heavy atom. The fourth-order valence-corrected chi connectivity index (χ4v) is 5.72. The Morgan fingerprint density at radius 2 is 1.19 bits per heavy atom. The van der Waals surface area contributed by atoms with E-state index in [4.69, 9.17) is 8.85 Å². The molecule has 16 heavy (non-hydrogen) atoms. The minimum Gasteiger partial charge on any atom is -0.394 e. The van der Waals surface area contributed by atoms with Crippen molar-refractivity contribution in [3.05, 3.63) is 0 Å². The molecule has 0 rings (SSSR count). The fourth-order valence-electron chi connectivity index (χ4n) is 2.07. The van der Waals surface area contributed by atoms with Crippen molar-refractivity contribution in [2.75, 3.05) is 13.2 Å². The molecule has 0 atom stereocenters. The van der Waals surface area contributed by atoms with Crippen LogP contribution < -0.4 is 0 Å². The summed E-state index contributed by atoms with van der Waals surface area (Å²) >= 11 is 0. The van der Waals surface area contributed by atoms with Crippen LogP contribution in [0.4, 0.5) is 0 Å². The van der Waals surface area contributed by atoms with Crippen LogP contribution >= 0.6 is 0 Å². The van der Waals surface area contributed by atoms with Gasteiger partial charge in [0.15, 0.2) is 0 Å². The number of hydrogen-bond donors (Lipinski definition) is 0. The first kappa shape index (κ1) is 16.1. The summed E-state index contributed by atoms with van der Waals surface area (Å²) in [6.07, 6.45) is 6.34. The summed E-state index contributed by atoms with van der Waals surface area (Å²) in [6.45, 7) is 10.3. The highest BCUT2D eigenvalue weighted by Crippen LogP contribution is 2.25. The molecule has 0 aliphatic rings. The molecule has 0 aromatic carbocycles. The van der Waals surface area contributed by atoms with Gasteiger partial charge in [0.05, 0.1) is 0 Å². The lowest BCUT2D eigenvalue weighted by molar-refractivity contribution is 0.180. The van der Waals surface area contributed by atoms with Crippen molar-refractivity contribution < 1.29 is 8.85 Å². The van der Waals surface area contributed by atoms with E-state index in [2.05, 4.69) is 27.7 Å². The molecule has 0 saturated heterocycles. The highest BCUT2D eigenvalue weighted by Gasteiger charge is 2.35. The average Bonchev–Trinajstić information content (AvgIpc) is 2.27. The molecule has 0 amide bonds. The third kappa shape index (κ3) is 6.66. The topological polar surface area (TPSA) is 18.5 Å². The van der Waals surface area contributed by atoms with Crippen LogP contribution in [0, 0.1) is 0 Å². The zero-order valence-electron chi connectivity index (χ0n) is 11.7. The molecule has 0 aliphatic carbocycles. The normalized spacial score (nSPS) is 12.0. The van der Waals surface area contributed by atoms with Gasteiger partial charge in [0.2, 0.25) is 0 Å². The smallest absolute Gasteiger partial charge is 0.338 e. The van der Waals surface area contributed by atoms with Crippen LogP contribution in [0.2, 0.25) is 12.1 Å². The maximum absolute atomic E-state index is 6.04. The molecule has 0 radical (unpaired) electrons. The summed E-state index contributed by atoms with van der Waals surface area (Å²) < 4.78 is 12.1. The van der Waals surface area contributed by atoms with Crippen LogP contribution in [0.3, 0.4) is 0 Å². The third-order valence-corrected chi connectivity index (χ3v) is 6.75. The predicted molar refractivity (Wildman–Crippen MR) is 73.1 cm³/mol. The maximum Gasteiger partial charge on any atom is 0.338 e. The van der Waals surface area contributed by atoms with Gasteiger partial charge in [0.25, 0.3) is 0 Å². The Bertz CT molecular complexity index is 145. The van der Waals surface area contributed by atoms with E-state index in [-0.39, 0.29) is 0 Å². The summed E-state index contributed by atoms with van der Waals surface area (Å²) in [7, 11) is -1.85. The summed E-state index contributed by atoms with van der Waals surface area (Å²) in [6, 6.07) is 2.36. The molecule has 0 N–H and O–H groups in total. The molecule has 0 aromatic rings. The van der Waals surface area contributed by atoms with Gasteiger partial charge in [-0.15, -0.1) is 0 Å². The molecule has 0 heterocycles. The van der Waals surface area contributed by atoms with Crippen molar-refractivity contribution in [1.29, 1.82) is 0 Å². The molecule has 0 unspecified atom stereocenters. The summed E-state index contributed by atoms with van der Waals surface area (Å²) in [4.78, 5) is 0. The largest absolute Gasteiger partial charge is 0.394 e. The van der Waals surface area contributed by atoms with Crippen molar-refractivity contribution >= 4 is 8.56 Å². The van der Waals surface area contributed by atoms with Crippen LogP contribution in [0.1, 0.15) is 59.8 Å². The van der Waals surface area contributed by atoms with Gasteiger partial charge in [0, 0.05) is 13.2 Å². The van der Waals surface area contributed by atoms with Crippen LogP contribution in [0.5, 0.6) is 0 Å². The van der Waals surface area contributed by atoms with E-state index in [9.17, 15) is 0 Å². The first-order valence-electron chi connectivity index (χ1n) is 7.02. The second-order valence-electron chi connectivity index (χ2n) is 4.34. The van der Waals surface area contributed by atoms with E-state index in [0.29, 0.717) is 0 Å². The van der Waals surface area contributed by atoms with Crippen LogP contribution in [0.15, 0.2) is 0 Å². The Kier molecular flexibility index (Phi) is 10.4. The van der Waals surface area contributed by atoms with Crippen molar-refractivity contribution in [3.8, 4) is 0 Å². The Labute approximate surface area is 103 Å². The molecule has 2 nitrogen and oxygen atoms in total. The SMILES string of the molecule is CCCCC[Si](CCCC)(OCC)OCC. The Hall–Kier alpha value is 0.137. The van der Waals surface area contributed by atoms with Crippen molar-refractivity contribution in [3.63, 3.8) is 0 Å². The molecule has 0 aromatic heterocycles. The lowest BCUT2D eigenvalue weighted by atomic mass is 10.3. The van der Waals surface area contributed by atoms with Gasteiger partial charge in [-0.05, 0) is 25.9 Å². The molecule has 0 aliphatic heterocycles. The summed E-state index contributed by atoms with van der Waals surface area (Å²) in [5.74, 6) is 0. The Balaban J connectivity index is 4.24. The quantitative estimate of drug-likeness (QED) is 0.395. The zero-order valence-corrected chi connectivity index (χ0v) is 12.7. The van der Waals surface area contributed by atoms with Gasteiger partial charge in [-0.25, -0.2) is 0 Å². The fraction of sp³-hybridized carbons (Fsp3) is 1.00. The van der Waals surface area contributed by atoms with Crippen molar-refractivity contribution in [2.24, 2.45) is 0 Å².